The zero-order valence-electron chi connectivity index (χ0n) is 17.1. The molecule has 1 amide bonds. The first-order valence-corrected chi connectivity index (χ1v) is 10.1. The van der Waals surface area contributed by atoms with E-state index < -0.39 is 0 Å². The number of nitrogens with one attached hydrogen (secondary N) is 1. The van der Waals surface area contributed by atoms with E-state index in [9.17, 15) is 13.6 Å². The number of carbonyl (C=O) groups excluding carboxylic acids is 1. The minimum absolute atomic E-state index is 0.115. The molecule has 0 aliphatic carbocycles. The van der Waals surface area contributed by atoms with Crippen molar-refractivity contribution in [3.8, 4) is 0 Å². The van der Waals surface area contributed by atoms with Crippen molar-refractivity contribution in [3.05, 3.63) is 95.6 Å². The maximum absolute atomic E-state index is 13.3. The molecule has 7 heteroatoms. The first-order chi connectivity index (χ1) is 15.0. The van der Waals surface area contributed by atoms with Crippen LogP contribution >= 0.6 is 0 Å². The Kier molecular flexibility index (Phi) is 6.02. The number of hydrogen-bond donors (Lipinski definition) is 1. The second-order valence-corrected chi connectivity index (χ2v) is 7.45. The Morgan fingerprint density at radius 3 is 2.42 bits per heavy atom. The molecule has 1 unspecified atom stereocenters. The van der Waals surface area contributed by atoms with Crippen molar-refractivity contribution >= 4 is 16.9 Å². The monoisotopic (exact) mass is 420 g/mol. The van der Waals surface area contributed by atoms with Gasteiger partial charge in [0.15, 0.2) is 0 Å². The van der Waals surface area contributed by atoms with Crippen molar-refractivity contribution in [1.82, 2.24) is 19.9 Å². The smallest absolute Gasteiger partial charge is 0.220 e. The van der Waals surface area contributed by atoms with Crippen LogP contribution in [0.2, 0.25) is 0 Å². The Labute approximate surface area is 178 Å². The average Bonchev–Trinajstić information content (AvgIpc) is 3.11. The van der Waals surface area contributed by atoms with E-state index in [-0.39, 0.29) is 30.0 Å². The molecule has 4 aromatic rings. The lowest BCUT2D eigenvalue weighted by Crippen LogP contribution is -2.27. The molecule has 0 saturated carbocycles. The molecule has 158 valence electrons. The van der Waals surface area contributed by atoms with Gasteiger partial charge in [-0.3, -0.25) is 9.78 Å². The summed E-state index contributed by atoms with van der Waals surface area (Å²) >= 11 is 0. The molecule has 5 nitrogen and oxygen atoms in total. The molecular weight excluding hydrogens is 398 g/mol. The highest BCUT2D eigenvalue weighted by Gasteiger charge is 2.15. The van der Waals surface area contributed by atoms with Crippen molar-refractivity contribution in [3.63, 3.8) is 0 Å². The molecular formula is C24H22F2N4O. The lowest BCUT2D eigenvalue weighted by molar-refractivity contribution is -0.121. The van der Waals surface area contributed by atoms with Crippen LogP contribution in [0.25, 0.3) is 11.0 Å². The highest BCUT2D eigenvalue weighted by molar-refractivity contribution is 5.77. The van der Waals surface area contributed by atoms with Crippen LogP contribution in [-0.4, -0.2) is 20.4 Å². The molecule has 0 radical (unpaired) electrons. The van der Waals surface area contributed by atoms with E-state index in [0.29, 0.717) is 13.0 Å². The predicted molar refractivity (Wildman–Crippen MR) is 114 cm³/mol. The van der Waals surface area contributed by atoms with E-state index in [0.717, 1.165) is 28.0 Å². The van der Waals surface area contributed by atoms with Gasteiger partial charge in [0.1, 0.15) is 17.5 Å². The number of pyridine rings is 1. The van der Waals surface area contributed by atoms with Gasteiger partial charge >= 0.3 is 0 Å². The van der Waals surface area contributed by atoms with Crippen LogP contribution in [0.15, 0.2) is 67.0 Å². The van der Waals surface area contributed by atoms with Crippen LogP contribution in [0.4, 0.5) is 8.78 Å². The second-order valence-electron chi connectivity index (χ2n) is 7.45. The number of aryl methyl sites for hydroxylation is 1. The van der Waals surface area contributed by atoms with Crippen molar-refractivity contribution in [1.29, 1.82) is 0 Å². The molecule has 1 N–H and O–H groups in total. The molecule has 2 aromatic carbocycles. The molecule has 0 bridgehead atoms. The number of imidazole rings is 1. The number of nitrogens with zero attached hydrogens (tertiary/aromatic N) is 3. The largest absolute Gasteiger partial charge is 0.350 e. The van der Waals surface area contributed by atoms with Gasteiger partial charge in [-0.2, -0.15) is 0 Å². The first kappa shape index (κ1) is 20.7. The van der Waals surface area contributed by atoms with Crippen molar-refractivity contribution in [2.75, 3.05) is 0 Å². The Morgan fingerprint density at radius 2 is 1.71 bits per heavy atom. The van der Waals surface area contributed by atoms with Crippen molar-refractivity contribution in [2.24, 2.45) is 0 Å². The number of amides is 1. The number of benzene rings is 2. The average molecular weight is 420 g/mol. The van der Waals surface area contributed by atoms with Gasteiger partial charge in [0, 0.05) is 25.6 Å². The molecule has 0 fully saturated rings. The van der Waals surface area contributed by atoms with Gasteiger partial charge in [0.25, 0.3) is 0 Å². The summed E-state index contributed by atoms with van der Waals surface area (Å²) in [6, 6.07) is 14.0. The van der Waals surface area contributed by atoms with Crippen LogP contribution in [-0.2, 0) is 17.8 Å². The number of rotatable bonds is 7. The van der Waals surface area contributed by atoms with Gasteiger partial charge in [-0.05, 0) is 48.4 Å². The molecule has 0 saturated heterocycles. The van der Waals surface area contributed by atoms with Gasteiger partial charge < -0.3 is 9.88 Å². The fraction of sp³-hybridized carbons (Fsp3) is 0.208. The molecule has 0 aliphatic heterocycles. The lowest BCUT2D eigenvalue weighted by Gasteiger charge is -2.14. The maximum atomic E-state index is 13.3. The Bertz CT molecular complexity index is 1190. The van der Waals surface area contributed by atoms with E-state index >= 15 is 0 Å². The molecule has 2 aromatic heterocycles. The predicted octanol–water partition coefficient (Wildman–Crippen LogP) is 4.57. The molecule has 31 heavy (non-hydrogen) atoms. The normalized spacial score (nSPS) is 12.1. The third-order valence-corrected chi connectivity index (χ3v) is 5.21. The minimum Gasteiger partial charge on any atom is -0.350 e. The molecule has 0 spiro atoms. The van der Waals surface area contributed by atoms with Crippen LogP contribution < -0.4 is 5.32 Å². The summed E-state index contributed by atoms with van der Waals surface area (Å²) in [4.78, 5) is 21.4. The summed E-state index contributed by atoms with van der Waals surface area (Å²) < 4.78 is 28.4. The number of halogens is 2. The van der Waals surface area contributed by atoms with Gasteiger partial charge in [0.2, 0.25) is 5.91 Å². The topological polar surface area (TPSA) is 59.8 Å². The Balaban J connectivity index is 1.48. The Morgan fingerprint density at radius 1 is 1.03 bits per heavy atom. The van der Waals surface area contributed by atoms with E-state index in [1.54, 1.807) is 36.7 Å². The van der Waals surface area contributed by atoms with Gasteiger partial charge in [-0.25, -0.2) is 13.8 Å². The van der Waals surface area contributed by atoms with Gasteiger partial charge in [0.05, 0.1) is 23.3 Å². The van der Waals surface area contributed by atoms with Crippen LogP contribution in [0, 0.1) is 11.6 Å². The molecule has 1 atom stereocenters. The number of hydrogen-bond acceptors (Lipinski definition) is 3. The summed E-state index contributed by atoms with van der Waals surface area (Å²) in [6.45, 7) is 2.37. The van der Waals surface area contributed by atoms with Gasteiger partial charge in [-0.15, -0.1) is 0 Å². The Hall–Kier alpha value is -3.61. The van der Waals surface area contributed by atoms with Gasteiger partial charge in [-0.1, -0.05) is 24.3 Å². The minimum atomic E-state index is -0.308. The number of aromatic nitrogens is 3. The summed E-state index contributed by atoms with van der Waals surface area (Å²) in [5.74, 6) is 0.0529. The van der Waals surface area contributed by atoms with E-state index in [2.05, 4.69) is 15.3 Å². The SMILES string of the molecule is CC(NC(=O)CCc1nc2ccncc2n1Cc1ccc(F)cc1)c1ccc(F)cc1. The van der Waals surface area contributed by atoms with E-state index in [1.807, 2.05) is 17.6 Å². The zero-order valence-corrected chi connectivity index (χ0v) is 17.1. The summed E-state index contributed by atoms with van der Waals surface area (Å²) in [5.41, 5.74) is 3.43. The van der Waals surface area contributed by atoms with Crippen LogP contribution in [0.5, 0.6) is 0 Å². The van der Waals surface area contributed by atoms with Crippen LogP contribution in [0.3, 0.4) is 0 Å². The fourth-order valence-corrected chi connectivity index (χ4v) is 3.53. The molecule has 0 aliphatic rings. The third kappa shape index (κ3) is 4.94. The molecule has 4 rings (SSSR count). The standard InChI is InChI=1S/C24H22F2N4O/c1-16(18-4-8-20(26)9-5-18)28-24(31)11-10-23-29-21-12-13-27-14-22(21)30(23)15-17-2-6-19(25)7-3-17/h2-9,12-14,16H,10-11,15H2,1H3,(H,28,31). The third-order valence-electron chi connectivity index (χ3n) is 5.21. The van der Waals surface area contributed by atoms with E-state index in [4.69, 9.17) is 0 Å². The highest BCUT2D eigenvalue weighted by atomic mass is 19.1. The maximum Gasteiger partial charge on any atom is 0.220 e. The number of carbonyl (C=O) groups is 1. The van der Waals surface area contributed by atoms with E-state index in [1.165, 1.54) is 24.3 Å². The molecule has 2 heterocycles. The highest BCUT2D eigenvalue weighted by Crippen LogP contribution is 2.19. The fourth-order valence-electron chi connectivity index (χ4n) is 3.53. The summed E-state index contributed by atoms with van der Waals surface area (Å²) in [6.07, 6.45) is 4.12. The summed E-state index contributed by atoms with van der Waals surface area (Å²) in [7, 11) is 0. The first-order valence-electron chi connectivity index (χ1n) is 10.1. The number of fused-ring (bicyclic) bond motifs is 1. The van der Waals surface area contributed by atoms with Crippen molar-refractivity contribution < 1.29 is 13.6 Å². The lowest BCUT2D eigenvalue weighted by atomic mass is 10.1. The van der Waals surface area contributed by atoms with Crippen LogP contribution in [0.1, 0.15) is 36.3 Å². The zero-order chi connectivity index (χ0) is 21.8. The summed E-state index contributed by atoms with van der Waals surface area (Å²) in [5, 5.41) is 2.94. The van der Waals surface area contributed by atoms with Crippen molar-refractivity contribution in [2.45, 2.75) is 32.4 Å². The second kappa shape index (κ2) is 9.04. The quantitative estimate of drug-likeness (QED) is 0.477.